The van der Waals surface area contributed by atoms with Crippen molar-refractivity contribution < 1.29 is 19.5 Å². The molecule has 4 atom stereocenters. The molecule has 0 aromatic heterocycles. The fourth-order valence-corrected chi connectivity index (χ4v) is 3.60. The molecule has 0 aliphatic heterocycles. The van der Waals surface area contributed by atoms with Crippen LogP contribution in [0.15, 0.2) is 36.4 Å². The minimum Gasteiger partial charge on any atom is -0.550 e. The first-order valence-electron chi connectivity index (χ1n) is 7.53. The zero-order chi connectivity index (χ0) is 16.6. The van der Waals surface area contributed by atoms with E-state index in [2.05, 4.69) is 10.6 Å². The van der Waals surface area contributed by atoms with Gasteiger partial charge < -0.3 is 20.5 Å². The molecule has 1 fully saturated rings. The Morgan fingerprint density at radius 1 is 1.04 bits per heavy atom. The minimum atomic E-state index is -1.17. The van der Waals surface area contributed by atoms with E-state index >= 15 is 0 Å². The number of rotatable bonds is 4. The van der Waals surface area contributed by atoms with E-state index in [0.29, 0.717) is 17.8 Å². The Kier molecular flexibility index (Phi) is 3.90. The average Bonchev–Trinajstić information content (AvgIpc) is 3.07. The second-order valence-corrected chi connectivity index (χ2v) is 6.07. The van der Waals surface area contributed by atoms with Crippen LogP contribution in [0, 0.1) is 23.7 Å². The summed E-state index contributed by atoms with van der Waals surface area (Å²) in [5.41, 5.74) is 1.09. The third-order valence-electron chi connectivity index (χ3n) is 4.48. The number of allylic oxidation sites excluding steroid dienone is 2. The van der Waals surface area contributed by atoms with Gasteiger partial charge in [0.15, 0.2) is 0 Å². The zero-order valence-electron chi connectivity index (χ0n) is 12.6. The molecule has 0 saturated heterocycles. The van der Waals surface area contributed by atoms with Gasteiger partial charge in [0.25, 0.3) is 0 Å². The monoisotopic (exact) mass is 313 g/mol. The van der Waals surface area contributed by atoms with Gasteiger partial charge in [0.2, 0.25) is 11.8 Å². The summed E-state index contributed by atoms with van der Waals surface area (Å²) in [6.45, 7) is 1.40. The van der Waals surface area contributed by atoms with Crippen molar-refractivity contribution in [3.05, 3.63) is 36.4 Å². The molecular weight excluding hydrogens is 296 g/mol. The number of carboxylic acids is 1. The Labute approximate surface area is 133 Å². The van der Waals surface area contributed by atoms with Crippen LogP contribution in [0.1, 0.15) is 13.3 Å². The Morgan fingerprint density at radius 2 is 1.65 bits per heavy atom. The highest BCUT2D eigenvalue weighted by Crippen LogP contribution is 2.48. The van der Waals surface area contributed by atoms with Crippen molar-refractivity contribution in [2.24, 2.45) is 23.7 Å². The van der Waals surface area contributed by atoms with Crippen molar-refractivity contribution in [1.82, 2.24) is 0 Å². The van der Waals surface area contributed by atoms with E-state index in [-0.39, 0.29) is 23.7 Å². The van der Waals surface area contributed by atoms with Crippen LogP contribution in [-0.2, 0) is 14.4 Å². The summed E-state index contributed by atoms with van der Waals surface area (Å²) in [6.07, 6.45) is 4.47. The molecule has 6 heteroatoms. The van der Waals surface area contributed by atoms with Crippen molar-refractivity contribution in [3.8, 4) is 0 Å². The number of carbonyl (C=O) groups is 3. The molecule has 0 unspecified atom stereocenters. The number of anilines is 2. The Balaban J connectivity index is 1.75. The molecule has 0 spiro atoms. The van der Waals surface area contributed by atoms with Gasteiger partial charge in [-0.1, -0.05) is 18.2 Å². The quantitative estimate of drug-likeness (QED) is 0.802. The number of hydrogen-bond donors (Lipinski definition) is 2. The predicted molar refractivity (Wildman–Crippen MR) is 82.1 cm³/mol. The molecule has 2 aliphatic carbocycles. The fourth-order valence-electron chi connectivity index (χ4n) is 3.60. The lowest BCUT2D eigenvalue weighted by molar-refractivity contribution is -0.313. The number of fused-ring (bicyclic) bond motifs is 2. The fraction of sp³-hybridized carbons (Fsp3) is 0.353. The van der Waals surface area contributed by atoms with Crippen LogP contribution < -0.4 is 15.7 Å². The van der Waals surface area contributed by atoms with Crippen molar-refractivity contribution in [1.29, 1.82) is 0 Å². The number of hydrogen-bond acceptors (Lipinski definition) is 4. The van der Waals surface area contributed by atoms with E-state index in [9.17, 15) is 19.5 Å². The van der Waals surface area contributed by atoms with Gasteiger partial charge in [-0.05, 0) is 36.5 Å². The summed E-state index contributed by atoms with van der Waals surface area (Å²) < 4.78 is 0. The number of aliphatic carboxylic acids is 1. The maximum Gasteiger partial charge on any atom is 0.228 e. The maximum atomic E-state index is 12.5. The second-order valence-electron chi connectivity index (χ2n) is 6.07. The summed E-state index contributed by atoms with van der Waals surface area (Å²) in [6, 6.07) is 6.75. The summed E-state index contributed by atoms with van der Waals surface area (Å²) in [4.78, 5) is 35.0. The topological polar surface area (TPSA) is 98.3 Å². The SMILES string of the molecule is CC(=O)Nc1cccc(NC(=O)[C@H]2[C@@H](C(=O)[O-])[C@H]3C=C[C@H]2C3)c1. The molecule has 23 heavy (non-hydrogen) atoms. The van der Waals surface area contributed by atoms with Crippen LogP contribution in [0.3, 0.4) is 0 Å². The molecule has 1 saturated carbocycles. The number of amides is 2. The molecule has 0 radical (unpaired) electrons. The Morgan fingerprint density at radius 3 is 2.26 bits per heavy atom. The lowest BCUT2D eigenvalue weighted by Crippen LogP contribution is -2.42. The molecule has 0 heterocycles. The normalized spacial score (nSPS) is 27.7. The number of carboxylic acid groups (broad SMARTS) is 1. The van der Waals surface area contributed by atoms with Gasteiger partial charge >= 0.3 is 0 Å². The molecule has 3 rings (SSSR count). The molecular formula is C17H17N2O4-. The maximum absolute atomic E-state index is 12.5. The van der Waals surface area contributed by atoms with Crippen LogP contribution >= 0.6 is 0 Å². The van der Waals surface area contributed by atoms with Crippen molar-refractivity contribution in [3.63, 3.8) is 0 Å². The van der Waals surface area contributed by atoms with Crippen molar-refractivity contribution in [2.75, 3.05) is 10.6 Å². The van der Waals surface area contributed by atoms with Gasteiger partial charge in [-0.15, -0.1) is 0 Å². The van der Waals surface area contributed by atoms with Crippen molar-refractivity contribution in [2.45, 2.75) is 13.3 Å². The lowest BCUT2D eigenvalue weighted by atomic mass is 9.82. The third kappa shape index (κ3) is 2.97. The van der Waals surface area contributed by atoms with Gasteiger partial charge in [-0.3, -0.25) is 9.59 Å². The number of carbonyl (C=O) groups excluding carboxylic acids is 3. The third-order valence-corrected chi connectivity index (χ3v) is 4.48. The van der Waals surface area contributed by atoms with Gasteiger partial charge in [0, 0.05) is 30.2 Å². The van der Waals surface area contributed by atoms with Crippen LogP contribution in [0.4, 0.5) is 11.4 Å². The predicted octanol–water partition coefficient (Wildman–Crippen LogP) is 0.772. The molecule has 1 aromatic carbocycles. The lowest BCUT2D eigenvalue weighted by Gasteiger charge is -2.27. The van der Waals surface area contributed by atoms with Gasteiger partial charge in [-0.25, -0.2) is 0 Å². The number of benzene rings is 1. The van der Waals surface area contributed by atoms with E-state index in [4.69, 9.17) is 0 Å². The van der Waals surface area contributed by atoms with Gasteiger partial charge in [-0.2, -0.15) is 0 Å². The van der Waals surface area contributed by atoms with Gasteiger partial charge in [0.05, 0.1) is 5.92 Å². The van der Waals surface area contributed by atoms with Crippen LogP contribution in [0.25, 0.3) is 0 Å². The molecule has 1 aromatic rings. The smallest absolute Gasteiger partial charge is 0.228 e. The van der Waals surface area contributed by atoms with E-state index in [1.165, 1.54) is 6.92 Å². The molecule has 6 nitrogen and oxygen atoms in total. The molecule has 2 N–H and O–H groups in total. The molecule has 2 aliphatic rings. The highest BCUT2D eigenvalue weighted by atomic mass is 16.4. The summed E-state index contributed by atoms with van der Waals surface area (Å²) in [5, 5.41) is 16.8. The van der Waals surface area contributed by atoms with Crippen molar-refractivity contribution >= 4 is 29.2 Å². The first-order valence-corrected chi connectivity index (χ1v) is 7.53. The highest BCUT2D eigenvalue weighted by Gasteiger charge is 2.48. The summed E-state index contributed by atoms with van der Waals surface area (Å²) in [7, 11) is 0. The molecule has 2 amide bonds. The zero-order valence-corrected chi connectivity index (χ0v) is 12.6. The Hall–Kier alpha value is -2.63. The number of nitrogens with one attached hydrogen (secondary N) is 2. The highest BCUT2D eigenvalue weighted by molar-refractivity contribution is 5.97. The molecule has 120 valence electrons. The Bertz CT molecular complexity index is 698. The minimum absolute atomic E-state index is 0.0542. The van der Waals surface area contributed by atoms with E-state index in [1.807, 2.05) is 12.2 Å². The van der Waals surface area contributed by atoms with Gasteiger partial charge in [0.1, 0.15) is 0 Å². The van der Waals surface area contributed by atoms with E-state index < -0.39 is 17.8 Å². The summed E-state index contributed by atoms with van der Waals surface area (Å²) in [5.74, 6) is -3.26. The summed E-state index contributed by atoms with van der Waals surface area (Å²) >= 11 is 0. The molecule has 2 bridgehead atoms. The standard InChI is InChI=1S/C17H18N2O4/c1-9(20)18-12-3-2-4-13(8-12)19-16(21)14-10-5-6-11(7-10)15(14)17(22)23/h2-6,8,10-11,14-15H,7H2,1H3,(H,18,20)(H,19,21)(H,22,23)/p-1/t10-,11-,14+,15-/m0/s1. The van der Waals surface area contributed by atoms with Crippen LogP contribution in [0.2, 0.25) is 0 Å². The van der Waals surface area contributed by atoms with E-state index in [1.54, 1.807) is 24.3 Å². The van der Waals surface area contributed by atoms with Crippen LogP contribution in [0.5, 0.6) is 0 Å². The average molecular weight is 313 g/mol. The second kappa shape index (κ2) is 5.87. The largest absolute Gasteiger partial charge is 0.550 e. The van der Waals surface area contributed by atoms with Crippen LogP contribution in [-0.4, -0.2) is 17.8 Å². The first-order chi connectivity index (χ1) is 11.0. The first kappa shape index (κ1) is 15.3. The van der Waals surface area contributed by atoms with E-state index in [0.717, 1.165) is 0 Å².